The van der Waals surface area contributed by atoms with Crippen LogP contribution in [0.1, 0.15) is 12.5 Å². The van der Waals surface area contributed by atoms with E-state index in [1.54, 1.807) is 31.2 Å². The third kappa shape index (κ3) is 5.66. The molecule has 0 saturated carbocycles. The van der Waals surface area contributed by atoms with Gasteiger partial charge in [-0.25, -0.2) is 5.10 Å². The van der Waals surface area contributed by atoms with Crippen molar-refractivity contribution in [2.45, 2.75) is 6.92 Å². The number of benzene rings is 2. The van der Waals surface area contributed by atoms with Crippen molar-refractivity contribution in [1.29, 1.82) is 0 Å². The summed E-state index contributed by atoms with van der Waals surface area (Å²) in [4.78, 5) is 23.4. The van der Waals surface area contributed by atoms with Crippen LogP contribution in [0, 0.1) is 0 Å². The number of amides is 1. The molecule has 3 aromatic rings. The maximum absolute atomic E-state index is 11.9. The number of hydrogen-bond donors (Lipinski definition) is 3. The van der Waals surface area contributed by atoms with Gasteiger partial charge in [-0.2, -0.15) is 10.2 Å². The van der Waals surface area contributed by atoms with Crippen LogP contribution in [0.5, 0.6) is 5.75 Å². The Morgan fingerprint density at radius 2 is 1.90 bits per heavy atom. The summed E-state index contributed by atoms with van der Waals surface area (Å²) in [5, 5.41) is 12.8. The third-order valence-electron chi connectivity index (χ3n) is 3.84. The van der Waals surface area contributed by atoms with Crippen LogP contribution < -0.4 is 21.0 Å². The van der Waals surface area contributed by atoms with E-state index in [1.165, 1.54) is 6.20 Å². The average Bonchev–Trinajstić information content (AvgIpc) is 2.74. The molecule has 0 unspecified atom stereocenters. The Kier molecular flexibility index (Phi) is 6.59. The van der Waals surface area contributed by atoms with Crippen molar-refractivity contribution in [1.82, 2.24) is 10.2 Å². The topological polar surface area (TPSA) is 108 Å². The molecule has 0 fully saturated rings. The molecule has 1 aromatic heterocycles. The Hall–Kier alpha value is -3.65. The first kappa shape index (κ1) is 20.1. The fourth-order valence-corrected chi connectivity index (χ4v) is 2.46. The van der Waals surface area contributed by atoms with Gasteiger partial charge in [0.05, 0.1) is 11.9 Å². The van der Waals surface area contributed by atoms with Crippen molar-refractivity contribution in [3.05, 3.63) is 81.7 Å². The van der Waals surface area contributed by atoms with Crippen molar-refractivity contribution < 1.29 is 9.53 Å². The number of ether oxygens (including phenoxy) is 1. The second-order valence-electron chi connectivity index (χ2n) is 5.96. The molecule has 3 N–H and O–H groups in total. The molecule has 0 aliphatic carbocycles. The van der Waals surface area contributed by atoms with Crippen molar-refractivity contribution in [2.75, 3.05) is 17.3 Å². The second-order valence-corrected chi connectivity index (χ2v) is 6.34. The lowest BCUT2D eigenvalue weighted by Crippen LogP contribution is -2.20. The van der Waals surface area contributed by atoms with Gasteiger partial charge < -0.3 is 10.1 Å². The summed E-state index contributed by atoms with van der Waals surface area (Å²) in [6.45, 7) is 1.70. The molecule has 2 aromatic carbocycles. The lowest BCUT2D eigenvalue weighted by molar-refractivity contribution is -0.118. The number of hydrazone groups is 1. The van der Waals surface area contributed by atoms with E-state index in [0.29, 0.717) is 22.8 Å². The Labute approximate surface area is 171 Å². The fourth-order valence-electron chi connectivity index (χ4n) is 2.33. The number of carbonyl (C=O) groups is 1. The van der Waals surface area contributed by atoms with Crippen LogP contribution in [0.15, 0.2) is 70.7 Å². The second kappa shape index (κ2) is 9.52. The van der Waals surface area contributed by atoms with Gasteiger partial charge in [-0.15, -0.1) is 0 Å². The largest absolute Gasteiger partial charge is 0.484 e. The first-order valence-corrected chi connectivity index (χ1v) is 9.02. The third-order valence-corrected chi connectivity index (χ3v) is 4.21. The number of halogens is 1. The van der Waals surface area contributed by atoms with E-state index < -0.39 is 5.56 Å². The van der Waals surface area contributed by atoms with Crippen molar-refractivity contribution in [2.24, 2.45) is 5.10 Å². The van der Waals surface area contributed by atoms with E-state index in [2.05, 4.69) is 26.0 Å². The summed E-state index contributed by atoms with van der Waals surface area (Å²) in [5.74, 6) is 0.310. The minimum atomic E-state index is -0.498. The normalized spacial score (nSPS) is 11.0. The Bertz CT molecular complexity index is 1070. The van der Waals surface area contributed by atoms with Crippen molar-refractivity contribution in [3.8, 4) is 5.75 Å². The summed E-state index contributed by atoms with van der Waals surface area (Å²) in [7, 11) is 0. The zero-order chi connectivity index (χ0) is 20.6. The summed E-state index contributed by atoms with van der Waals surface area (Å²) in [6.07, 6.45) is 1.37. The number of para-hydroxylation sites is 1. The maximum atomic E-state index is 11.9. The molecule has 0 aliphatic rings. The van der Waals surface area contributed by atoms with Gasteiger partial charge in [0.2, 0.25) is 0 Å². The van der Waals surface area contributed by atoms with E-state index >= 15 is 0 Å². The number of nitrogens with one attached hydrogen (secondary N) is 3. The SMILES string of the molecule is C/C(=N/Nc1cn[nH]c(=O)c1Cl)c1ccc(OCC(=O)Nc2ccccc2)cc1. The minimum Gasteiger partial charge on any atom is -0.484 e. The number of H-pyrrole nitrogens is 1. The molecule has 29 heavy (non-hydrogen) atoms. The molecule has 1 amide bonds. The van der Waals surface area contributed by atoms with Crippen molar-refractivity contribution in [3.63, 3.8) is 0 Å². The van der Waals surface area contributed by atoms with Crippen LogP contribution in [-0.2, 0) is 4.79 Å². The predicted molar refractivity (Wildman–Crippen MR) is 113 cm³/mol. The standard InChI is InChI=1S/C20H18ClN5O3/c1-13(24-25-17-11-22-26-20(28)19(17)21)14-7-9-16(10-8-14)29-12-18(27)23-15-5-3-2-4-6-15/h2-11H,12H2,1H3,(H,23,27)(H2,25,26,28)/b24-13-. The predicted octanol–water partition coefficient (Wildman–Crippen LogP) is 3.28. The van der Waals surface area contributed by atoms with Crippen LogP contribution in [0.25, 0.3) is 0 Å². The molecule has 0 aliphatic heterocycles. The number of aromatic amines is 1. The van der Waals surface area contributed by atoms with Crippen molar-refractivity contribution >= 4 is 34.6 Å². The number of hydrogen-bond acceptors (Lipinski definition) is 6. The number of rotatable bonds is 7. The van der Waals surface area contributed by atoms with Gasteiger partial charge in [0, 0.05) is 5.69 Å². The molecule has 9 heteroatoms. The van der Waals surface area contributed by atoms with Crippen LogP contribution in [0.2, 0.25) is 5.02 Å². The van der Waals surface area contributed by atoms with E-state index in [9.17, 15) is 9.59 Å². The van der Waals surface area contributed by atoms with Crippen LogP contribution in [0.3, 0.4) is 0 Å². The highest BCUT2D eigenvalue weighted by molar-refractivity contribution is 6.32. The zero-order valence-electron chi connectivity index (χ0n) is 15.5. The molecule has 3 rings (SSSR count). The zero-order valence-corrected chi connectivity index (χ0v) is 16.2. The number of anilines is 2. The highest BCUT2D eigenvalue weighted by Crippen LogP contribution is 2.16. The number of carbonyl (C=O) groups excluding carboxylic acids is 1. The molecule has 148 valence electrons. The van der Waals surface area contributed by atoms with Crippen LogP contribution >= 0.6 is 11.6 Å². The molecule has 8 nitrogen and oxygen atoms in total. The van der Waals surface area contributed by atoms with E-state index in [-0.39, 0.29) is 17.5 Å². The quantitative estimate of drug-likeness (QED) is 0.408. The summed E-state index contributed by atoms with van der Waals surface area (Å²) >= 11 is 5.89. The van der Waals surface area contributed by atoms with Crippen LogP contribution in [-0.4, -0.2) is 28.4 Å². The maximum Gasteiger partial charge on any atom is 0.285 e. The lowest BCUT2D eigenvalue weighted by atomic mass is 10.1. The highest BCUT2D eigenvalue weighted by Gasteiger charge is 2.06. The smallest absolute Gasteiger partial charge is 0.285 e. The molecule has 0 saturated heterocycles. The number of nitrogens with zero attached hydrogens (tertiary/aromatic N) is 2. The average molecular weight is 412 g/mol. The van der Waals surface area contributed by atoms with E-state index in [1.807, 2.05) is 30.3 Å². The molecular weight excluding hydrogens is 394 g/mol. The van der Waals surface area contributed by atoms with E-state index in [4.69, 9.17) is 16.3 Å². The summed E-state index contributed by atoms with van der Waals surface area (Å²) < 4.78 is 5.50. The Balaban J connectivity index is 1.55. The van der Waals surface area contributed by atoms with Gasteiger partial charge in [0.1, 0.15) is 16.5 Å². The number of aromatic nitrogens is 2. The van der Waals surface area contributed by atoms with Crippen LogP contribution in [0.4, 0.5) is 11.4 Å². The minimum absolute atomic E-state index is 0.0194. The van der Waals surface area contributed by atoms with Gasteiger partial charge >= 0.3 is 0 Å². The summed E-state index contributed by atoms with van der Waals surface area (Å²) in [6, 6.07) is 16.3. The molecule has 0 bridgehead atoms. The highest BCUT2D eigenvalue weighted by atomic mass is 35.5. The molecule has 0 radical (unpaired) electrons. The van der Waals surface area contributed by atoms with Gasteiger partial charge in [0.25, 0.3) is 11.5 Å². The summed E-state index contributed by atoms with van der Waals surface area (Å²) in [5.41, 5.74) is 4.73. The molecule has 1 heterocycles. The monoisotopic (exact) mass is 411 g/mol. The Morgan fingerprint density at radius 3 is 2.62 bits per heavy atom. The van der Waals surface area contributed by atoms with Gasteiger partial charge in [-0.1, -0.05) is 29.8 Å². The molecule has 0 atom stereocenters. The first-order chi connectivity index (χ1) is 14.0. The first-order valence-electron chi connectivity index (χ1n) is 8.64. The van der Waals surface area contributed by atoms with E-state index in [0.717, 1.165) is 5.56 Å². The Morgan fingerprint density at radius 1 is 1.17 bits per heavy atom. The molecule has 0 spiro atoms. The fraction of sp³-hybridized carbons (Fsp3) is 0.100. The van der Waals surface area contributed by atoms with Gasteiger partial charge in [-0.05, 0) is 48.9 Å². The van der Waals surface area contributed by atoms with Gasteiger partial charge in [-0.3, -0.25) is 15.0 Å². The lowest BCUT2D eigenvalue weighted by Gasteiger charge is -2.08. The molecular formula is C20H18ClN5O3. The van der Waals surface area contributed by atoms with Gasteiger partial charge in [0.15, 0.2) is 6.61 Å².